The van der Waals surface area contributed by atoms with Gasteiger partial charge in [-0.05, 0) is 29.7 Å². The van der Waals surface area contributed by atoms with E-state index in [1.165, 1.54) is 11.8 Å². The van der Waals surface area contributed by atoms with Gasteiger partial charge >= 0.3 is 0 Å². The standard InChI is InChI=1S/C20H23ClN2O3/c1-15(25)23(14-16-8-10-18(21)11-9-16)19(17-6-3-2-4-7-17)20(26)22-12-5-13-24/h2-4,6-11,19,24H,5,12-14H2,1H3,(H,22,26). The summed E-state index contributed by atoms with van der Waals surface area (Å²) in [5, 5.41) is 12.3. The van der Waals surface area contributed by atoms with Crippen LogP contribution in [0.4, 0.5) is 0 Å². The summed E-state index contributed by atoms with van der Waals surface area (Å²) in [5.41, 5.74) is 1.62. The van der Waals surface area contributed by atoms with Crippen molar-refractivity contribution in [2.24, 2.45) is 0 Å². The summed E-state index contributed by atoms with van der Waals surface area (Å²) < 4.78 is 0. The molecule has 138 valence electrons. The molecule has 6 heteroatoms. The highest BCUT2D eigenvalue weighted by Gasteiger charge is 2.29. The van der Waals surface area contributed by atoms with Crippen molar-refractivity contribution in [3.63, 3.8) is 0 Å². The van der Waals surface area contributed by atoms with Crippen molar-refractivity contribution in [2.75, 3.05) is 13.2 Å². The lowest BCUT2D eigenvalue weighted by Gasteiger charge is -2.30. The second kappa shape index (κ2) is 9.94. The summed E-state index contributed by atoms with van der Waals surface area (Å²) in [6.07, 6.45) is 0.463. The van der Waals surface area contributed by atoms with Gasteiger partial charge in [0.25, 0.3) is 0 Å². The summed E-state index contributed by atoms with van der Waals surface area (Å²) in [7, 11) is 0. The van der Waals surface area contributed by atoms with E-state index in [-0.39, 0.29) is 18.4 Å². The molecule has 0 fully saturated rings. The van der Waals surface area contributed by atoms with Gasteiger partial charge in [0.1, 0.15) is 6.04 Å². The summed E-state index contributed by atoms with van der Waals surface area (Å²) >= 11 is 5.93. The Morgan fingerprint density at radius 1 is 1.12 bits per heavy atom. The Labute approximate surface area is 158 Å². The molecule has 2 rings (SSSR count). The molecular weight excluding hydrogens is 352 g/mol. The number of rotatable bonds is 8. The van der Waals surface area contributed by atoms with E-state index in [0.29, 0.717) is 24.5 Å². The van der Waals surface area contributed by atoms with E-state index >= 15 is 0 Å². The average molecular weight is 375 g/mol. The molecule has 2 aromatic rings. The van der Waals surface area contributed by atoms with E-state index in [9.17, 15) is 9.59 Å². The molecule has 0 heterocycles. The topological polar surface area (TPSA) is 69.6 Å². The molecule has 26 heavy (non-hydrogen) atoms. The Morgan fingerprint density at radius 3 is 2.35 bits per heavy atom. The first-order chi connectivity index (χ1) is 12.5. The fourth-order valence-corrected chi connectivity index (χ4v) is 2.79. The number of hydrogen-bond donors (Lipinski definition) is 2. The molecule has 0 bridgehead atoms. The molecule has 0 spiro atoms. The number of aliphatic hydroxyl groups is 1. The van der Waals surface area contributed by atoms with Gasteiger partial charge in [0.15, 0.2) is 0 Å². The number of benzene rings is 2. The number of hydrogen-bond acceptors (Lipinski definition) is 3. The summed E-state index contributed by atoms with van der Waals surface area (Å²) in [6.45, 7) is 2.09. The van der Waals surface area contributed by atoms with Crippen molar-refractivity contribution in [1.82, 2.24) is 10.2 Å². The van der Waals surface area contributed by atoms with E-state index in [2.05, 4.69) is 5.32 Å². The van der Waals surface area contributed by atoms with Crippen LogP contribution in [0.5, 0.6) is 0 Å². The number of aliphatic hydroxyl groups excluding tert-OH is 1. The summed E-state index contributed by atoms with van der Waals surface area (Å²) in [6, 6.07) is 15.6. The minimum Gasteiger partial charge on any atom is -0.396 e. The van der Waals surface area contributed by atoms with E-state index < -0.39 is 6.04 Å². The van der Waals surface area contributed by atoms with Crippen LogP contribution in [-0.4, -0.2) is 35.0 Å². The number of carbonyl (C=O) groups is 2. The van der Waals surface area contributed by atoms with Gasteiger partial charge in [0, 0.05) is 31.6 Å². The number of halogens is 1. The van der Waals surface area contributed by atoms with Crippen molar-refractivity contribution >= 4 is 23.4 Å². The highest BCUT2D eigenvalue weighted by Crippen LogP contribution is 2.24. The number of amides is 2. The molecule has 0 aromatic heterocycles. The van der Waals surface area contributed by atoms with Gasteiger partial charge in [-0.15, -0.1) is 0 Å². The monoisotopic (exact) mass is 374 g/mol. The molecule has 0 radical (unpaired) electrons. The molecule has 0 aliphatic heterocycles. The van der Waals surface area contributed by atoms with Gasteiger partial charge in [0.2, 0.25) is 11.8 Å². The van der Waals surface area contributed by atoms with Crippen LogP contribution in [0.25, 0.3) is 0 Å². The molecule has 1 unspecified atom stereocenters. The van der Waals surface area contributed by atoms with Crippen LogP contribution >= 0.6 is 11.6 Å². The Kier molecular flexibility index (Phi) is 7.63. The first-order valence-corrected chi connectivity index (χ1v) is 8.86. The maximum Gasteiger partial charge on any atom is 0.247 e. The number of nitrogens with one attached hydrogen (secondary N) is 1. The van der Waals surface area contributed by atoms with Gasteiger partial charge in [-0.3, -0.25) is 9.59 Å². The fraction of sp³-hybridized carbons (Fsp3) is 0.300. The lowest BCUT2D eigenvalue weighted by atomic mass is 10.0. The van der Waals surface area contributed by atoms with Gasteiger partial charge in [-0.1, -0.05) is 54.1 Å². The summed E-state index contributed by atoms with van der Waals surface area (Å²) in [4.78, 5) is 26.7. The van der Waals surface area contributed by atoms with Crippen LogP contribution in [0.2, 0.25) is 5.02 Å². The third-order valence-corrected chi connectivity index (χ3v) is 4.23. The van der Waals surface area contributed by atoms with E-state index in [0.717, 1.165) is 11.1 Å². The normalized spacial score (nSPS) is 11.7. The van der Waals surface area contributed by atoms with Crippen LogP contribution in [0.3, 0.4) is 0 Å². The highest BCUT2D eigenvalue weighted by atomic mass is 35.5. The molecule has 0 aliphatic carbocycles. The van der Waals surface area contributed by atoms with Crippen LogP contribution in [0.1, 0.15) is 30.5 Å². The van der Waals surface area contributed by atoms with Crippen LogP contribution in [0, 0.1) is 0 Å². The quantitative estimate of drug-likeness (QED) is 0.698. The van der Waals surface area contributed by atoms with Crippen molar-refractivity contribution in [1.29, 1.82) is 0 Å². The van der Waals surface area contributed by atoms with Crippen molar-refractivity contribution in [3.05, 3.63) is 70.7 Å². The predicted octanol–water partition coefficient (Wildman–Crippen LogP) is 2.93. The molecule has 0 saturated heterocycles. The van der Waals surface area contributed by atoms with Crippen molar-refractivity contribution in [2.45, 2.75) is 25.9 Å². The number of nitrogens with zero attached hydrogens (tertiary/aromatic N) is 1. The minimum atomic E-state index is -0.747. The van der Waals surface area contributed by atoms with E-state index in [1.54, 1.807) is 12.1 Å². The molecule has 2 aromatic carbocycles. The van der Waals surface area contributed by atoms with Gasteiger partial charge in [-0.25, -0.2) is 0 Å². The van der Waals surface area contributed by atoms with Gasteiger partial charge in [0.05, 0.1) is 0 Å². The lowest BCUT2D eigenvalue weighted by molar-refractivity contribution is -0.140. The predicted molar refractivity (Wildman–Crippen MR) is 102 cm³/mol. The Bertz CT molecular complexity index is 720. The molecule has 2 N–H and O–H groups in total. The zero-order chi connectivity index (χ0) is 18.9. The van der Waals surface area contributed by atoms with E-state index in [4.69, 9.17) is 16.7 Å². The molecular formula is C20H23ClN2O3. The number of carbonyl (C=O) groups excluding carboxylic acids is 2. The smallest absolute Gasteiger partial charge is 0.247 e. The second-order valence-corrected chi connectivity index (χ2v) is 6.39. The molecule has 2 amide bonds. The second-order valence-electron chi connectivity index (χ2n) is 5.95. The Hall–Kier alpha value is -2.37. The maximum absolute atomic E-state index is 12.8. The highest BCUT2D eigenvalue weighted by molar-refractivity contribution is 6.30. The summed E-state index contributed by atoms with van der Waals surface area (Å²) in [5.74, 6) is -0.472. The van der Waals surface area contributed by atoms with Gasteiger partial charge in [-0.2, -0.15) is 0 Å². The van der Waals surface area contributed by atoms with Crippen molar-refractivity contribution < 1.29 is 14.7 Å². The van der Waals surface area contributed by atoms with Crippen LogP contribution in [-0.2, 0) is 16.1 Å². The largest absolute Gasteiger partial charge is 0.396 e. The zero-order valence-corrected chi connectivity index (χ0v) is 15.4. The maximum atomic E-state index is 12.8. The average Bonchev–Trinajstić information content (AvgIpc) is 2.64. The zero-order valence-electron chi connectivity index (χ0n) is 14.7. The SMILES string of the molecule is CC(=O)N(Cc1ccc(Cl)cc1)C(C(=O)NCCCO)c1ccccc1. The van der Waals surface area contributed by atoms with Crippen LogP contribution in [0.15, 0.2) is 54.6 Å². The first kappa shape index (κ1) is 19.9. The first-order valence-electron chi connectivity index (χ1n) is 8.48. The van der Waals surface area contributed by atoms with Crippen LogP contribution < -0.4 is 5.32 Å². The third-order valence-electron chi connectivity index (χ3n) is 3.98. The van der Waals surface area contributed by atoms with E-state index in [1.807, 2.05) is 42.5 Å². The lowest BCUT2D eigenvalue weighted by Crippen LogP contribution is -2.42. The molecule has 1 atom stereocenters. The Balaban J connectivity index is 2.30. The molecule has 0 aliphatic rings. The van der Waals surface area contributed by atoms with Gasteiger partial charge < -0.3 is 15.3 Å². The Morgan fingerprint density at radius 2 is 1.77 bits per heavy atom. The van der Waals surface area contributed by atoms with Crippen molar-refractivity contribution in [3.8, 4) is 0 Å². The minimum absolute atomic E-state index is 0.00250. The fourth-order valence-electron chi connectivity index (χ4n) is 2.67. The third kappa shape index (κ3) is 5.58. The molecule has 0 saturated carbocycles. The molecule has 5 nitrogen and oxygen atoms in total.